The van der Waals surface area contributed by atoms with E-state index < -0.39 is 0 Å². The van der Waals surface area contributed by atoms with Crippen LogP contribution in [-0.2, 0) is 18.4 Å². The number of nitrogens with zero attached hydrogens (tertiary/aromatic N) is 2. The van der Waals surface area contributed by atoms with E-state index in [1.165, 1.54) is 43.9 Å². The zero-order valence-corrected chi connectivity index (χ0v) is 24.4. The number of hydrogen-bond acceptors (Lipinski definition) is 2. The number of rotatable bonds is 5. The highest BCUT2D eigenvalue weighted by atomic mass is 16.2. The first kappa shape index (κ1) is 25.8. The predicted molar refractivity (Wildman–Crippen MR) is 177 cm³/mol. The zero-order valence-electron chi connectivity index (χ0n) is 24.4. The lowest BCUT2D eigenvalue weighted by atomic mass is 9.73. The molecule has 1 fully saturated rings. The van der Waals surface area contributed by atoms with E-state index in [4.69, 9.17) is 0 Å². The third kappa shape index (κ3) is 4.14. The maximum Gasteiger partial charge on any atom is 0.255 e. The molecule has 2 unspecified atom stereocenters. The Morgan fingerprint density at radius 1 is 0.721 bits per heavy atom. The van der Waals surface area contributed by atoms with Crippen molar-refractivity contribution in [2.24, 2.45) is 0 Å². The Balaban J connectivity index is 1.30. The van der Waals surface area contributed by atoms with Gasteiger partial charge in [-0.05, 0) is 76.2 Å². The average Bonchev–Trinajstić information content (AvgIpc) is 3.54. The lowest BCUT2D eigenvalue weighted by molar-refractivity contribution is 0.0709. The molecule has 6 aromatic carbocycles. The van der Waals surface area contributed by atoms with E-state index in [0.717, 1.165) is 37.1 Å². The minimum atomic E-state index is -0.231. The van der Waals surface area contributed by atoms with Crippen LogP contribution in [0.25, 0.3) is 21.5 Å². The first-order valence-corrected chi connectivity index (χ1v) is 15.3. The number of likely N-dealkylation sites (tertiary alicyclic amines) is 1. The van der Waals surface area contributed by atoms with Gasteiger partial charge in [0.1, 0.15) is 6.17 Å². The van der Waals surface area contributed by atoms with Gasteiger partial charge in [-0.1, -0.05) is 121 Å². The summed E-state index contributed by atoms with van der Waals surface area (Å²) in [7, 11) is 0. The molecule has 43 heavy (non-hydrogen) atoms. The van der Waals surface area contributed by atoms with Gasteiger partial charge in [0.25, 0.3) is 5.91 Å². The van der Waals surface area contributed by atoms with Crippen molar-refractivity contribution in [3.63, 3.8) is 0 Å². The van der Waals surface area contributed by atoms with Crippen LogP contribution in [0.2, 0.25) is 0 Å². The van der Waals surface area contributed by atoms with Gasteiger partial charge in [-0.2, -0.15) is 0 Å². The molecule has 0 radical (unpaired) electrons. The number of benzene rings is 6. The van der Waals surface area contributed by atoms with E-state index in [1.54, 1.807) is 0 Å². The van der Waals surface area contributed by atoms with Gasteiger partial charge in [0.2, 0.25) is 0 Å². The van der Waals surface area contributed by atoms with Crippen LogP contribution in [0.15, 0.2) is 133 Å². The lowest BCUT2D eigenvalue weighted by Gasteiger charge is -2.39. The van der Waals surface area contributed by atoms with Crippen LogP contribution in [0.1, 0.15) is 39.0 Å². The fraction of sp³-hybridized carbons (Fsp3) is 0.175. The van der Waals surface area contributed by atoms with Gasteiger partial charge in [-0.25, -0.2) is 0 Å². The largest absolute Gasteiger partial charge is 0.346 e. The molecule has 0 saturated carbocycles. The number of para-hydroxylation sites is 1. The highest BCUT2D eigenvalue weighted by molar-refractivity contribution is 5.96. The quantitative estimate of drug-likeness (QED) is 0.211. The number of aryl methyl sites for hydroxylation is 1. The smallest absolute Gasteiger partial charge is 0.255 e. The Labute approximate surface area is 253 Å². The van der Waals surface area contributed by atoms with E-state index in [1.807, 2.05) is 18.2 Å². The highest BCUT2D eigenvalue weighted by Gasteiger charge is 2.58. The molecule has 3 heteroatoms. The maximum absolute atomic E-state index is 14.4. The van der Waals surface area contributed by atoms with Crippen LogP contribution < -0.4 is 4.90 Å². The van der Waals surface area contributed by atoms with E-state index in [0.29, 0.717) is 0 Å². The van der Waals surface area contributed by atoms with Crippen molar-refractivity contribution in [1.29, 1.82) is 0 Å². The van der Waals surface area contributed by atoms with Crippen LogP contribution in [0.5, 0.6) is 0 Å². The number of amides is 1. The molecule has 3 nitrogen and oxygen atoms in total. The normalized spacial score (nSPS) is 19.1. The Bertz CT molecular complexity index is 2000. The van der Waals surface area contributed by atoms with Crippen LogP contribution in [0.4, 0.5) is 5.69 Å². The minimum Gasteiger partial charge on any atom is -0.346 e. The molecule has 0 bridgehead atoms. The van der Waals surface area contributed by atoms with Gasteiger partial charge in [-0.3, -0.25) is 4.79 Å². The van der Waals surface area contributed by atoms with Crippen molar-refractivity contribution < 1.29 is 4.79 Å². The van der Waals surface area contributed by atoms with Gasteiger partial charge < -0.3 is 9.80 Å². The van der Waals surface area contributed by atoms with Crippen LogP contribution in [0.3, 0.4) is 0 Å². The standard InChI is InChI=1S/C40H34N2O/c1-28-11-8-16-31(25-28)38(43)41-24-23-40(26-32-17-9-14-29-12-2-4-19-34(29)32)36-21-6-7-22-37(36)42(39(40)41)27-33-18-10-15-30-13-3-5-20-35(30)33/h2-22,25,39H,23-24,26-27H2,1H3. The molecule has 0 aliphatic carbocycles. The van der Waals surface area contributed by atoms with Gasteiger partial charge in [-0.15, -0.1) is 0 Å². The maximum atomic E-state index is 14.4. The first-order chi connectivity index (χ1) is 21.1. The van der Waals surface area contributed by atoms with Crippen molar-refractivity contribution >= 4 is 33.1 Å². The summed E-state index contributed by atoms with van der Waals surface area (Å²) in [6.45, 7) is 3.52. The molecule has 2 aliphatic heterocycles. The summed E-state index contributed by atoms with van der Waals surface area (Å²) >= 11 is 0. The van der Waals surface area contributed by atoms with E-state index in [2.05, 4.69) is 132 Å². The minimum absolute atomic E-state index is 0.101. The van der Waals surface area contributed by atoms with Gasteiger partial charge in [0.15, 0.2) is 0 Å². The Kier molecular flexibility index (Phi) is 6.08. The monoisotopic (exact) mass is 558 g/mol. The molecule has 0 aromatic heterocycles. The number of hydrogen-bond donors (Lipinski definition) is 0. The summed E-state index contributed by atoms with van der Waals surface area (Å²) in [6, 6.07) is 47.6. The lowest BCUT2D eigenvalue weighted by Crippen LogP contribution is -2.52. The second kappa shape index (κ2) is 10.1. The van der Waals surface area contributed by atoms with Crippen molar-refractivity contribution in [2.75, 3.05) is 11.4 Å². The van der Waals surface area contributed by atoms with Crippen molar-refractivity contribution in [2.45, 2.75) is 37.9 Å². The van der Waals surface area contributed by atoms with Gasteiger partial charge in [0.05, 0.1) is 0 Å². The molecule has 8 rings (SSSR count). The fourth-order valence-corrected chi connectivity index (χ4v) is 7.89. The highest BCUT2D eigenvalue weighted by Crippen LogP contribution is 2.55. The molecule has 0 N–H and O–H groups in total. The number of fused-ring (bicyclic) bond motifs is 5. The fourth-order valence-electron chi connectivity index (χ4n) is 7.89. The second-order valence-corrected chi connectivity index (χ2v) is 12.2. The summed E-state index contributed by atoms with van der Waals surface area (Å²) in [5.41, 5.74) is 6.86. The predicted octanol–water partition coefficient (Wildman–Crippen LogP) is 8.67. The summed E-state index contributed by atoms with van der Waals surface area (Å²) in [4.78, 5) is 19.1. The molecule has 2 atom stereocenters. The molecular weight excluding hydrogens is 524 g/mol. The second-order valence-electron chi connectivity index (χ2n) is 12.2. The van der Waals surface area contributed by atoms with E-state index in [-0.39, 0.29) is 17.5 Å². The summed E-state index contributed by atoms with van der Waals surface area (Å²) in [5.74, 6) is 0.115. The Morgan fingerprint density at radius 3 is 2.12 bits per heavy atom. The topological polar surface area (TPSA) is 23.6 Å². The SMILES string of the molecule is Cc1cccc(C(=O)N2CCC3(Cc4cccc5ccccc45)c4ccccc4N(Cc4cccc5ccccc45)C23)c1. The molecule has 0 spiro atoms. The molecule has 1 amide bonds. The third-order valence-corrected chi connectivity index (χ3v) is 9.77. The first-order valence-electron chi connectivity index (χ1n) is 15.3. The van der Waals surface area contributed by atoms with Crippen molar-refractivity contribution in [3.8, 4) is 0 Å². The summed E-state index contributed by atoms with van der Waals surface area (Å²) < 4.78 is 0. The summed E-state index contributed by atoms with van der Waals surface area (Å²) in [6.07, 6.45) is 1.69. The molecule has 210 valence electrons. The van der Waals surface area contributed by atoms with Crippen LogP contribution >= 0.6 is 0 Å². The third-order valence-electron chi connectivity index (χ3n) is 9.77. The van der Waals surface area contributed by atoms with E-state index >= 15 is 0 Å². The molecule has 6 aromatic rings. The Morgan fingerprint density at radius 2 is 1.35 bits per heavy atom. The van der Waals surface area contributed by atoms with Gasteiger partial charge >= 0.3 is 0 Å². The molecule has 1 saturated heterocycles. The molecular formula is C40H34N2O. The zero-order chi connectivity index (χ0) is 29.0. The number of carbonyl (C=O) groups excluding carboxylic acids is 1. The van der Waals surface area contributed by atoms with E-state index in [9.17, 15) is 4.79 Å². The van der Waals surface area contributed by atoms with Crippen LogP contribution in [-0.4, -0.2) is 23.5 Å². The molecule has 2 aliphatic rings. The summed E-state index contributed by atoms with van der Waals surface area (Å²) in [5, 5.41) is 5.07. The van der Waals surface area contributed by atoms with Gasteiger partial charge in [0, 0.05) is 29.8 Å². The van der Waals surface area contributed by atoms with Crippen molar-refractivity contribution in [3.05, 3.63) is 161 Å². The Hall–Kier alpha value is -4.89. The number of carbonyl (C=O) groups is 1. The number of anilines is 1. The average molecular weight is 559 g/mol. The van der Waals surface area contributed by atoms with Crippen molar-refractivity contribution in [1.82, 2.24) is 4.90 Å². The van der Waals surface area contributed by atoms with Crippen LogP contribution in [0, 0.1) is 6.92 Å². The molecule has 2 heterocycles.